The number of aromatic carboxylic acids is 1. The van der Waals surface area contributed by atoms with Gasteiger partial charge in [0.05, 0.1) is 23.7 Å². The zero-order valence-electron chi connectivity index (χ0n) is 12.1. The standard InChI is InChI=1S/C18H12N2O3/c19-11-10-15-16(18(22)23)13-8-4-5-9-14(13)17(21)20(15)12-6-2-1-3-7-12/h1-9H,10H2,(H,22,23). The van der Waals surface area contributed by atoms with Crippen LogP contribution in [0.5, 0.6) is 0 Å². The van der Waals surface area contributed by atoms with Crippen LogP contribution in [0.3, 0.4) is 0 Å². The minimum Gasteiger partial charge on any atom is -0.478 e. The Morgan fingerprint density at radius 1 is 1.04 bits per heavy atom. The second-order valence-corrected chi connectivity index (χ2v) is 4.98. The zero-order valence-corrected chi connectivity index (χ0v) is 12.1. The third kappa shape index (κ3) is 2.36. The monoisotopic (exact) mass is 304 g/mol. The number of nitriles is 1. The molecule has 2 aromatic carbocycles. The topological polar surface area (TPSA) is 83.1 Å². The second kappa shape index (κ2) is 5.78. The van der Waals surface area contributed by atoms with E-state index >= 15 is 0 Å². The highest BCUT2D eigenvalue weighted by atomic mass is 16.4. The van der Waals surface area contributed by atoms with E-state index in [0.29, 0.717) is 16.5 Å². The summed E-state index contributed by atoms with van der Waals surface area (Å²) < 4.78 is 1.31. The van der Waals surface area contributed by atoms with Crippen molar-refractivity contribution in [2.45, 2.75) is 6.42 Å². The molecular weight excluding hydrogens is 292 g/mol. The van der Waals surface area contributed by atoms with Crippen LogP contribution in [-0.2, 0) is 6.42 Å². The van der Waals surface area contributed by atoms with E-state index in [1.54, 1.807) is 54.6 Å². The van der Waals surface area contributed by atoms with Crippen molar-refractivity contribution in [2.75, 3.05) is 0 Å². The molecule has 0 spiro atoms. The molecule has 0 radical (unpaired) electrons. The van der Waals surface area contributed by atoms with Crippen LogP contribution in [0.1, 0.15) is 16.1 Å². The van der Waals surface area contributed by atoms with E-state index in [2.05, 4.69) is 0 Å². The van der Waals surface area contributed by atoms with Crippen LogP contribution < -0.4 is 5.56 Å². The second-order valence-electron chi connectivity index (χ2n) is 4.98. The number of pyridine rings is 1. The lowest BCUT2D eigenvalue weighted by Crippen LogP contribution is -2.25. The lowest BCUT2D eigenvalue weighted by Gasteiger charge is -2.16. The van der Waals surface area contributed by atoms with Crippen LogP contribution in [0.2, 0.25) is 0 Å². The molecule has 0 aliphatic rings. The summed E-state index contributed by atoms with van der Waals surface area (Å²) in [4.78, 5) is 24.6. The van der Waals surface area contributed by atoms with Gasteiger partial charge in [-0.15, -0.1) is 0 Å². The Morgan fingerprint density at radius 3 is 2.26 bits per heavy atom. The molecular formula is C18H12N2O3. The minimum atomic E-state index is -1.16. The summed E-state index contributed by atoms with van der Waals surface area (Å²) in [7, 11) is 0. The van der Waals surface area contributed by atoms with Crippen molar-refractivity contribution in [2.24, 2.45) is 0 Å². The van der Waals surface area contributed by atoms with E-state index in [9.17, 15) is 14.7 Å². The Balaban J connectivity index is 2.55. The fourth-order valence-electron chi connectivity index (χ4n) is 2.73. The number of benzene rings is 2. The third-order valence-corrected chi connectivity index (χ3v) is 3.66. The van der Waals surface area contributed by atoms with Crippen molar-refractivity contribution < 1.29 is 9.90 Å². The van der Waals surface area contributed by atoms with Crippen molar-refractivity contribution in [3.63, 3.8) is 0 Å². The van der Waals surface area contributed by atoms with Gasteiger partial charge in [0.1, 0.15) is 0 Å². The molecule has 112 valence electrons. The van der Waals surface area contributed by atoms with Gasteiger partial charge in [-0.25, -0.2) is 4.79 Å². The van der Waals surface area contributed by atoms with Crippen LogP contribution in [0, 0.1) is 11.3 Å². The number of hydrogen-bond donors (Lipinski definition) is 1. The summed E-state index contributed by atoms with van der Waals surface area (Å²) in [6.45, 7) is 0. The Bertz CT molecular complexity index is 998. The first kappa shape index (κ1) is 14.5. The molecule has 0 saturated carbocycles. The number of para-hydroxylation sites is 1. The normalized spacial score (nSPS) is 10.4. The number of rotatable bonds is 3. The fraction of sp³-hybridized carbons (Fsp3) is 0.0556. The molecule has 1 aromatic heterocycles. The van der Waals surface area contributed by atoms with Gasteiger partial charge in [-0.2, -0.15) is 5.26 Å². The van der Waals surface area contributed by atoms with Gasteiger partial charge in [0.25, 0.3) is 5.56 Å². The van der Waals surface area contributed by atoms with Gasteiger partial charge in [-0.3, -0.25) is 9.36 Å². The Hall–Kier alpha value is -3.39. The molecule has 0 unspecified atom stereocenters. The first-order chi connectivity index (χ1) is 11.1. The number of aromatic nitrogens is 1. The molecule has 0 fully saturated rings. The maximum Gasteiger partial charge on any atom is 0.338 e. The summed E-state index contributed by atoms with van der Waals surface area (Å²) in [5.41, 5.74) is 0.388. The van der Waals surface area contributed by atoms with Gasteiger partial charge in [0, 0.05) is 16.5 Å². The van der Waals surface area contributed by atoms with E-state index < -0.39 is 5.97 Å². The predicted molar refractivity (Wildman–Crippen MR) is 85.8 cm³/mol. The minimum absolute atomic E-state index is 0.00870. The molecule has 0 atom stereocenters. The average Bonchev–Trinajstić information content (AvgIpc) is 2.56. The maximum atomic E-state index is 12.9. The Morgan fingerprint density at radius 2 is 1.65 bits per heavy atom. The summed E-state index contributed by atoms with van der Waals surface area (Å²) in [5, 5.41) is 19.4. The van der Waals surface area contributed by atoms with Crippen molar-refractivity contribution in [1.29, 1.82) is 5.26 Å². The molecule has 3 aromatic rings. The summed E-state index contributed by atoms with van der Waals surface area (Å²) in [6.07, 6.45) is -0.170. The molecule has 1 heterocycles. The van der Waals surface area contributed by atoms with Crippen molar-refractivity contribution >= 4 is 16.7 Å². The number of carboxylic acids is 1. The molecule has 1 N–H and O–H groups in total. The molecule has 0 bridgehead atoms. The summed E-state index contributed by atoms with van der Waals surface area (Å²) in [5.74, 6) is -1.16. The van der Waals surface area contributed by atoms with Crippen molar-refractivity contribution in [1.82, 2.24) is 4.57 Å². The van der Waals surface area contributed by atoms with Gasteiger partial charge in [-0.05, 0) is 18.2 Å². The maximum absolute atomic E-state index is 12.9. The van der Waals surface area contributed by atoms with E-state index in [-0.39, 0.29) is 23.2 Å². The first-order valence-electron chi connectivity index (χ1n) is 6.97. The summed E-state index contributed by atoms with van der Waals surface area (Å²) in [6, 6.07) is 17.3. The molecule has 0 aliphatic heterocycles. The third-order valence-electron chi connectivity index (χ3n) is 3.66. The van der Waals surface area contributed by atoms with Gasteiger partial charge < -0.3 is 5.11 Å². The largest absolute Gasteiger partial charge is 0.478 e. The molecule has 3 rings (SSSR count). The lowest BCUT2D eigenvalue weighted by atomic mass is 10.0. The van der Waals surface area contributed by atoms with Gasteiger partial charge in [-0.1, -0.05) is 36.4 Å². The highest BCUT2D eigenvalue weighted by Crippen LogP contribution is 2.22. The van der Waals surface area contributed by atoms with Crippen LogP contribution in [0.4, 0.5) is 0 Å². The number of nitrogens with zero attached hydrogens (tertiary/aromatic N) is 2. The summed E-state index contributed by atoms with van der Waals surface area (Å²) >= 11 is 0. The molecule has 0 saturated heterocycles. The molecule has 0 aliphatic carbocycles. The number of fused-ring (bicyclic) bond motifs is 1. The van der Waals surface area contributed by atoms with E-state index in [4.69, 9.17) is 5.26 Å². The number of carbonyl (C=O) groups is 1. The molecule has 5 nitrogen and oxygen atoms in total. The Kier molecular flexibility index (Phi) is 3.65. The van der Waals surface area contributed by atoms with Gasteiger partial charge >= 0.3 is 5.97 Å². The number of carboxylic acid groups (broad SMARTS) is 1. The lowest BCUT2D eigenvalue weighted by molar-refractivity contribution is 0.0697. The van der Waals surface area contributed by atoms with Gasteiger partial charge in [0.2, 0.25) is 0 Å². The van der Waals surface area contributed by atoms with Crippen LogP contribution in [-0.4, -0.2) is 15.6 Å². The quantitative estimate of drug-likeness (QED) is 0.806. The van der Waals surface area contributed by atoms with E-state index in [1.807, 2.05) is 6.07 Å². The Labute approximate surface area is 131 Å². The SMILES string of the molecule is N#CCc1c(C(=O)O)c2ccccc2c(=O)n1-c1ccccc1. The van der Waals surface area contributed by atoms with E-state index in [1.165, 1.54) is 4.57 Å². The van der Waals surface area contributed by atoms with Crippen LogP contribution >= 0.6 is 0 Å². The van der Waals surface area contributed by atoms with Gasteiger partial charge in [0.15, 0.2) is 0 Å². The van der Waals surface area contributed by atoms with Crippen molar-refractivity contribution in [3.05, 3.63) is 76.2 Å². The highest BCUT2D eigenvalue weighted by Gasteiger charge is 2.21. The van der Waals surface area contributed by atoms with E-state index in [0.717, 1.165) is 0 Å². The average molecular weight is 304 g/mol. The molecule has 5 heteroatoms. The molecule has 0 amide bonds. The number of hydrogen-bond acceptors (Lipinski definition) is 3. The van der Waals surface area contributed by atoms with Crippen molar-refractivity contribution in [3.8, 4) is 11.8 Å². The fourth-order valence-corrected chi connectivity index (χ4v) is 2.73. The van der Waals surface area contributed by atoms with Crippen LogP contribution in [0.15, 0.2) is 59.4 Å². The van der Waals surface area contributed by atoms with Crippen LogP contribution in [0.25, 0.3) is 16.5 Å². The molecule has 23 heavy (non-hydrogen) atoms. The first-order valence-corrected chi connectivity index (χ1v) is 6.97. The predicted octanol–water partition coefficient (Wildman–Crippen LogP) is 2.75. The highest BCUT2D eigenvalue weighted by molar-refractivity contribution is 6.04. The zero-order chi connectivity index (χ0) is 16.4. The smallest absolute Gasteiger partial charge is 0.338 e.